The van der Waals surface area contributed by atoms with E-state index in [9.17, 15) is 24.2 Å². The van der Waals surface area contributed by atoms with Crippen molar-refractivity contribution < 1.29 is 24.2 Å². The first-order valence-electron chi connectivity index (χ1n) is 9.51. The number of hydrogen-bond acceptors (Lipinski definition) is 6. The molecule has 0 fully saturated rings. The number of nitrogens with zero attached hydrogens (tertiary/aromatic N) is 2. The van der Waals surface area contributed by atoms with E-state index in [0.717, 1.165) is 0 Å². The first-order chi connectivity index (χ1) is 14.4. The van der Waals surface area contributed by atoms with Crippen molar-refractivity contribution in [2.45, 2.75) is 45.1 Å². The van der Waals surface area contributed by atoms with E-state index in [1.54, 1.807) is 6.07 Å². The molecule has 164 valence electrons. The average molecular weight is 428 g/mol. The van der Waals surface area contributed by atoms with Gasteiger partial charge >= 0.3 is 0 Å². The second-order valence-corrected chi connectivity index (χ2v) is 8.42. The van der Waals surface area contributed by atoms with Crippen LogP contribution in [0.5, 0.6) is 5.75 Å². The molecular weight excluding hydrogens is 403 g/mol. The number of benzene rings is 1. The van der Waals surface area contributed by atoms with Crippen molar-refractivity contribution in [3.63, 3.8) is 0 Å². The Kier molecular flexibility index (Phi) is 6.98. The van der Waals surface area contributed by atoms with Crippen molar-refractivity contribution in [2.75, 3.05) is 11.9 Å². The second kappa shape index (κ2) is 9.10. The normalized spacial score (nSPS) is 13.1. The van der Waals surface area contributed by atoms with Gasteiger partial charge in [0.1, 0.15) is 22.8 Å². The van der Waals surface area contributed by atoms with E-state index in [4.69, 9.17) is 5.26 Å². The van der Waals surface area contributed by atoms with Crippen LogP contribution >= 0.6 is 0 Å². The summed E-state index contributed by atoms with van der Waals surface area (Å²) in [6, 6.07) is 6.98. The number of pyridine rings is 1. The van der Waals surface area contributed by atoms with E-state index in [1.807, 2.05) is 20.8 Å². The minimum Gasteiger partial charge on any atom is -0.508 e. The van der Waals surface area contributed by atoms with Crippen LogP contribution in [0.4, 0.5) is 10.1 Å². The molecule has 0 radical (unpaired) electrons. The molecule has 4 N–H and O–H groups in total. The number of hydrogen-bond donors (Lipinski definition) is 4. The Morgan fingerprint density at radius 1 is 1.23 bits per heavy atom. The van der Waals surface area contributed by atoms with Crippen LogP contribution in [-0.2, 0) is 16.6 Å². The van der Waals surface area contributed by atoms with Gasteiger partial charge in [0.05, 0.1) is 19.1 Å². The maximum Gasteiger partial charge on any atom is 0.271 e. The van der Waals surface area contributed by atoms with Gasteiger partial charge in [-0.25, -0.2) is 4.39 Å². The summed E-state index contributed by atoms with van der Waals surface area (Å²) < 4.78 is 14.5. The summed E-state index contributed by atoms with van der Waals surface area (Å²) in [6.07, 6.45) is 0.961. The fraction of sp³-hybridized carbons (Fsp3) is 0.364. The second-order valence-electron chi connectivity index (χ2n) is 8.42. The summed E-state index contributed by atoms with van der Waals surface area (Å²) in [6.45, 7) is 6.28. The Hall–Kier alpha value is -3.51. The predicted octanol–water partition coefficient (Wildman–Crippen LogP) is 2.41. The highest BCUT2D eigenvalue weighted by Crippen LogP contribution is 2.32. The Labute approximate surface area is 179 Å². The number of nitriles is 1. The number of carbonyl (C=O) groups is 2. The highest BCUT2D eigenvalue weighted by Gasteiger charge is 2.26. The molecule has 2 amide bonds. The Morgan fingerprint density at radius 3 is 2.48 bits per heavy atom. The summed E-state index contributed by atoms with van der Waals surface area (Å²) in [4.78, 5) is 28.5. The van der Waals surface area contributed by atoms with Crippen LogP contribution in [0.15, 0.2) is 30.5 Å². The van der Waals surface area contributed by atoms with Gasteiger partial charge in [-0.05, 0) is 36.6 Å². The zero-order chi connectivity index (χ0) is 23.4. The quantitative estimate of drug-likeness (QED) is 0.558. The maximum atomic E-state index is 14.5. The van der Waals surface area contributed by atoms with Gasteiger partial charge in [-0.1, -0.05) is 20.8 Å². The number of phenolic OH excluding ortho intramolecular Hbond substituents is 1. The third-order valence-electron chi connectivity index (χ3n) is 4.55. The third kappa shape index (κ3) is 5.99. The maximum absolute atomic E-state index is 14.5. The lowest BCUT2D eigenvalue weighted by molar-refractivity contribution is -0.115. The molecule has 1 aromatic carbocycles. The van der Waals surface area contributed by atoms with E-state index in [2.05, 4.69) is 15.6 Å². The highest BCUT2D eigenvalue weighted by molar-refractivity contribution is 5.96. The van der Waals surface area contributed by atoms with Crippen molar-refractivity contribution in [3.05, 3.63) is 53.1 Å². The highest BCUT2D eigenvalue weighted by atomic mass is 19.1. The summed E-state index contributed by atoms with van der Waals surface area (Å²) in [5.41, 5.74) is -1.31. The van der Waals surface area contributed by atoms with Gasteiger partial charge in [0.15, 0.2) is 0 Å². The number of aliphatic hydroxyl groups is 1. The van der Waals surface area contributed by atoms with Crippen LogP contribution in [0.25, 0.3) is 0 Å². The molecule has 0 saturated carbocycles. The molecule has 0 aliphatic heterocycles. The third-order valence-corrected chi connectivity index (χ3v) is 4.55. The topological polar surface area (TPSA) is 135 Å². The first-order valence-corrected chi connectivity index (χ1v) is 9.51. The molecule has 0 bridgehead atoms. The van der Waals surface area contributed by atoms with E-state index in [1.165, 1.54) is 37.4 Å². The summed E-state index contributed by atoms with van der Waals surface area (Å²) in [7, 11) is 0. The minimum absolute atomic E-state index is 0.0303. The van der Waals surface area contributed by atoms with Crippen molar-refractivity contribution in [1.82, 2.24) is 10.3 Å². The zero-order valence-electron chi connectivity index (χ0n) is 17.8. The summed E-state index contributed by atoms with van der Waals surface area (Å²) >= 11 is 0. The lowest BCUT2D eigenvalue weighted by Gasteiger charge is -2.21. The largest absolute Gasteiger partial charge is 0.508 e. The average Bonchev–Trinajstić information content (AvgIpc) is 2.69. The molecule has 2 rings (SSSR count). The SMILES string of the molecule is CC(C#N)(CO)NC(=O)c1cc(NC(=O)Cc2cc(O)c(C(C)(C)C)cc2F)ccn1. The fourth-order valence-electron chi connectivity index (χ4n) is 2.77. The fourth-order valence-corrected chi connectivity index (χ4v) is 2.77. The number of nitrogens with one attached hydrogen (secondary N) is 2. The van der Waals surface area contributed by atoms with E-state index < -0.39 is 35.2 Å². The van der Waals surface area contributed by atoms with Crippen LogP contribution < -0.4 is 10.6 Å². The van der Waals surface area contributed by atoms with E-state index in [0.29, 0.717) is 5.56 Å². The number of anilines is 1. The predicted molar refractivity (Wildman–Crippen MR) is 112 cm³/mol. The monoisotopic (exact) mass is 428 g/mol. The van der Waals surface area contributed by atoms with Gasteiger partial charge in [-0.3, -0.25) is 14.6 Å². The van der Waals surface area contributed by atoms with Gasteiger partial charge in [0.25, 0.3) is 5.91 Å². The Balaban J connectivity index is 2.14. The molecule has 8 nitrogen and oxygen atoms in total. The first kappa shape index (κ1) is 23.8. The van der Waals surface area contributed by atoms with Crippen molar-refractivity contribution in [3.8, 4) is 11.8 Å². The molecule has 1 unspecified atom stereocenters. The van der Waals surface area contributed by atoms with Gasteiger partial charge in [0.2, 0.25) is 5.91 Å². The molecule has 1 atom stereocenters. The smallest absolute Gasteiger partial charge is 0.271 e. The van der Waals surface area contributed by atoms with Crippen LogP contribution in [0, 0.1) is 17.1 Å². The molecule has 0 spiro atoms. The Bertz CT molecular complexity index is 1040. The molecule has 0 aliphatic carbocycles. The van der Waals surface area contributed by atoms with Crippen LogP contribution in [-0.4, -0.2) is 39.2 Å². The molecule has 31 heavy (non-hydrogen) atoms. The molecule has 2 aromatic rings. The number of aromatic hydroxyl groups is 1. The molecule has 1 heterocycles. The van der Waals surface area contributed by atoms with E-state index >= 15 is 0 Å². The van der Waals surface area contributed by atoms with Gasteiger partial charge in [-0.15, -0.1) is 0 Å². The number of amides is 2. The molecule has 9 heteroatoms. The van der Waals surface area contributed by atoms with Crippen molar-refractivity contribution >= 4 is 17.5 Å². The van der Waals surface area contributed by atoms with E-state index in [-0.39, 0.29) is 29.1 Å². The van der Waals surface area contributed by atoms with Gasteiger partial charge < -0.3 is 20.8 Å². The van der Waals surface area contributed by atoms with Gasteiger partial charge in [-0.2, -0.15) is 5.26 Å². The van der Waals surface area contributed by atoms with Crippen LogP contribution in [0.3, 0.4) is 0 Å². The molecule has 0 saturated heterocycles. The molecular formula is C22H25FN4O4. The number of rotatable bonds is 6. The van der Waals surface area contributed by atoms with Crippen LogP contribution in [0.2, 0.25) is 0 Å². The van der Waals surface area contributed by atoms with Gasteiger partial charge in [0, 0.05) is 23.0 Å². The van der Waals surface area contributed by atoms with Crippen LogP contribution in [0.1, 0.15) is 49.3 Å². The Morgan fingerprint density at radius 2 is 1.90 bits per heavy atom. The summed E-state index contributed by atoms with van der Waals surface area (Å²) in [5.74, 6) is -1.96. The van der Waals surface area contributed by atoms with Crippen molar-refractivity contribution in [1.29, 1.82) is 5.26 Å². The van der Waals surface area contributed by atoms with Crippen molar-refractivity contribution in [2.24, 2.45) is 0 Å². The number of phenols is 1. The number of carbonyl (C=O) groups excluding carboxylic acids is 2. The number of halogens is 1. The lowest BCUT2D eigenvalue weighted by Crippen LogP contribution is -2.47. The standard InChI is InChI=1S/C22H25FN4O4/c1-21(2,3)15-10-16(23)13(7-18(15)29)8-19(30)26-14-5-6-25-17(9-14)20(31)27-22(4,11-24)12-28/h5-7,9-10,28-29H,8,12H2,1-4H3,(H,27,31)(H,25,26,30). The number of aromatic nitrogens is 1. The minimum atomic E-state index is -1.48. The number of aliphatic hydroxyl groups excluding tert-OH is 1. The zero-order valence-corrected chi connectivity index (χ0v) is 17.8. The molecule has 1 aromatic heterocycles. The lowest BCUT2D eigenvalue weighted by atomic mass is 9.85. The summed E-state index contributed by atoms with van der Waals surface area (Å²) in [5, 5.41) is 33.4. The molecule has 0 aliphatic rings.